The number of halogens is 2. The van der Waals surface area contributed by atoms with E-state index >= 15 is 0 Å². The zero-order valence-corrected chi connectivity index (χ0v) is 7.93. The molecule has 1 aliphatic carbocycles. The molecule has 1 N–H and O–H groups in total. The molecule has 2 saturated heterocycles. The minimum Gasteiger partial charge on any atom is -0.468 e. The molecule has 0 spiro atoms. The second-order valence-electron chi connectivity index (χ2n) is 4.02. The lowest BCUT2D eigenvalue weighted by Crippen LogP contribution is -2.64. The van der Waals surface area contributed by atoms with Crippen LogP contribution in [0.5, 0.6) is 0 Å². The lowest BCUT2D eigenvalue weighted by Gasteiger charge is -2.46. The lowest BCUT2D eigenvalue weighted by atomic mass is 9.74. The summed E-state index contributed by atoms with van der Waals surface area (Å²) >= 11 is 0. The first kappa shape index (κ1) is 9.83. The second kappa shape index (κ2) is 3.15. The van der Waals surface area contributed by atoms with E-state index in [0.29, 0.717) is 12.8 Å². The molecular weight excluding hydrogens is 192 g/mol. The SMILES string of the molecule is COC(=O)[C@H]1NC2CCC1CC2(F)F. The van der Waals surface area contributed by atoms with Crippen molar-refractivity contribution in [3.8, 4) is 0 Å². The van der Waals surface area contributed by atoms with Crippen LogP contribution in [0.4, 0.5) is 8.78 Å². The normalized spacial score (nSPS) is 39.5. The van der Waals surface area contributed by atoms with Gasteiger partial charge in [0.25, 0.3) is 5.92 Å². The third-order valence-electron chi connectivity index (χ3n) is 3.18. The van der Waals surface area contributed by atoms with Gasteiger partial charge in [-0.2, -0.15) is 0 Å². The third-order valence-corrected chi connectivity index (χ3v) is 3.18. The summed E-state index contributed by atoms with van der Waals surface area (Å²) in [4.78, 5) is 11.2. The Kier molecular flexibility index (Phi) is 2.21. The van der Waals surface area contributed by atoms with E-state index in [1.807, 2.05) is 0 Å². The van der Waals surface area contributed by atoms with Crippen molar-refractivity contribution in [2.75, 3.05) is 7.11 Å². The predicted octanol–water partition coefficient (Wildman–Crippen LogP) is 0.935. The maximum absolute atomic E-state index is 13.2. The Hall–Kier alpha value is -0.710. The van der Waals surface area contributed by atoms with Gasteiger partial charge >= 0.3 is 5.97 Å². The number of ether oxygens (including phenoxy) is 1. The van der Waals surface area contributed by atoms with E-state index in [1.165, 1.54) is 7.11 Å². The highest BCUT2D eigenvalue weighted by molar-refractivity contribution is 5.76. The first-order valence-corrected chi connectivity index (χ1v) is 4.76. The molecule has 3 nitrogen and oxygen atoms in total. The number of alkyl halides is 2. The molecule has 14 heavy (non-hydrogen) atoms. The first-order valence-electron chi connectivity index (χ1n) is 4.76. The van der Waals surface area contributed by atoms with E-state index in [9.17, 15) is 13.6 Å². The first-order chi connectivity index (χ1) is 6.54. The number of carbonyl (C=O) groups excluding carboxylic acids is 1. The minimum atomic E-state index is -2.66. The summed E-state index contributed by atoms with van der Waals surface area (Å²) in [7, 11) is 1.28. The van der Waals surface area contributed by atoms with Crippen LogP contribution >= 0.6 is 0 Å². The Labute approximate surface area is 80.8 Å². The number of hydrogen-bond acceptors (Lipinski definition) is 3. The lowest BCUT2D eigenvalue weighted by molar-refractivity contribution is -0.159. The fourth-order valence-electron chi connectivity index (χ4n) is 2.42. The van der Waals surface area contributed by atoms with Gasteiger partial charge in [-0.25, -0.2) is 8.78 Å². The number of hydrogen-bond donors (Lipinski definition) is 1. The molecule has 3 atom stereocenters. The molecule has 2 bridgehead atoms. The molecule has 5 heteroatoms. The van der Waals surface area contributed by atoms with Crippen LogP contribution in [-0.2, 0) is 9.53 Å². The van der Waals surface area contributed by atoms with E-state index < -0.39 is 24.0 Å². The standard InChI is InChI=1S/C9H13F2NO2/c1-14-8(13)7-5-2-3-6(12-7)9(10,11)4-5/h5-7,12H,2-4H2,1H3/t5?,6?,7-/m0/s1. The van der Waals surface area contributed by atoms with Crippen molar-refractivity contribution in [2.24, 2.45) is 5.92 Å². The van der Waals surface area contributed by atoms with Crippen molar-refractivity contribution in [2.45, 2.75) is 37.3 Å². The van der Waals surface area contributed by atoms with Crippen LogP contribution in [0.2, 0.25) is 0 Å². The van der Waals surface area contributed by atoms with E-state index in [1.54, 1.807) is 0 Å². The molecule has 80 valence electrons. The van der Waals surface area contributed by atoms with Gasteiger partial charge in [-0.05, 0) is 18.8 Å². The van der Waals surface area contributed by atoms with Crippen molar-refractivity contribution >= 4 is 5.97 Å². The summed E-state index contributed by atoms with van der Waals surface area (Å²) in [5.74, 6) is -3.36. The number of carbonyl (C=O) groups is 1. The molecule has 2 aliphatic heterocycles. The minimum absolute atomic E-state index is 0.190. The highest BCUT2D eigenvalue weighted by Crippen LogP contribution is 2.43. The van der Waals surface area contributed by atoms with Crippen molar-refractivity contribution < 1.29 is 18.3 Å². The predicted molar refractivity (Wildman–Crippen MR) is 45.0 cm³/mol. The fraction of sp³-hybridized carbons (Fsp3) is 0.889. The quantitative estimate of drug-likeness (QED) is 0.647. The van der Waals surface area contributed by atoms with Crippen molar-refractivity contribution in [1.82, 2.24) is 5.32 Å². The fourth-order valence-corrected chi connectivity index (χ4v) is 2.42. The largest absolute Gasteiger partial charge is 0.468 e. The summed E-state index contributed by atoms with van der Waals surface area (Å²) in [6.07, 6.45) is 0.947. The third kappa shape index (κ3) is 1.39. The summed E-state index contributed by atoms with van der Waals surface area (Å²) in [6, 6.07) is -1.38. The summed E-state index contributed by atoms with van der Waals surface area (Å²) in [5.41, 5.74) is 0. The van der Waals surface area contributed by atoms with Gasteiger partial charge in [0.15, 0.2) is 0 Å². The molecule has 2 unspecified atom stereocenters. The monoisotopic (exact) mass is 205 g/mol. The zero-order valence-electron chi connectivity index (χ0n) is 7.93. The molecule has 0 aromatic heterocycles. The Morgan fingerprint density at radius 3 is 2.64 bits per heavy atom. The molecular formula is C9H13F2NO2. The summed E-state index contributed by atoms with van der Waals surface area (Å²) < 4.78 is 31.0. The van der Waals surface area contributed by atoms with Gasteiger partial charge < -0.3 is 4.74 Å². The summed E-state index contributed by atoms with van der Waals surface area (Å²) in [6.45, 7) is 0. The van der Waals surface area contributed by atoms with Crippen LogP contribution in [0.25, 0.3) is 0 Å². The van der Waals surface area contributed by atoms with E-state index in [4.69, 9.17) is 0 Å². The molecule has 3 rings (SSSR count). The number of nitrogens with one attached hydrogen (secondary N) is 1. The molecule has 0 radical (unpaired) electrons. The maximum atomic E-state index is 13.2. The molecule has 3 aliphatic rings. The molecule has 0 aromatic carbocycles. The van der Waals surface area contributed by atoms with Gasteiger partial charge in [0.05, 0.1) is 13.2 Å². The van der Waals surface area contributed by atoms with Gasteiger partial charge in [0.1, 0.15) is 6.04 Å². The molecule has 0 amide bonds. The van der Waals surface area contributed by atoms with Crippen LogP contribution in [-0.4, -0.2) is 31.1 Å². The van der Waals surface area contributed by atoms with E-state index in [-0.39, 0.29) is 12.3 Å². The topological polar surface area (TPSA) is 38.3 Å². The number of fused-ring (bicyclic) bond motifs is 3. The van der Waals surface area contributed by atoms with Crippen molar-refractivity contribution in [3.63, 3.8) is 0 Å². The second-order valence-corrected chi connectivity index (χ2v) is 4.02. The van der Waals surface area contributed by atoms with Crippen molar-refractivity contribution in [3.05, 3.63) is 0 Å². The Morgan fingerprint density at radius 1 is 1.50 bits per heavy atom. The van der Waals surface area contributed by atoms with Gasteiger partial charge in [0.2, 0.25) is 0 Å². The number of esters is 1. The molecule has 1 saturated carbocycles. The molecule has 3 fully saturated rings. The highest BCUT2D eigenvalue weighted by Gasteiger charge is 2.54. The van der Waals surface area contributed by atoms with Crippen LogP contribution in [0.3, 0.4) is 0 Å². The zero-order chi connectivity index (χ0) is 10.3. The smallest absolute Gasteiger partial charge is 0.323 e. The van der Waals surface area contributed by atoms with E-state index in [0.717, 1.165) is 0 Å². The maximum Gasteiger partial charge on any atom is 0.323 e. The summed E-state index contributed by atoms with van der Waals surface area (Å²) in [5, 5.41) is 2.67. The number of methoxy groups -OCH3 is 1. The van der Waals surface area contributed by atoms with Gasteiger partial charge in [-0.15, -0.1) is 0 Å². The molecule has 0 aromatic rings. The van der Waals surface area contributed by atoms with Crippen LogP contribution in [0, 0.1) is 5.92 Å². The Bertz CT molecular complexity index is 257. The van der Waals surface area contributed by atoms with Crippen LogP contribution < -0.4 is 5.32 Å². The van der Waals surface area contributed by atoms with Gasteiger partial charge in [-0.3, -0.25) is 10.1 Å². The van der Waals surface area contributed by atoms with E-state index in [2.05, 4.69) is 10.1 Å². The Morgan fingerprint density at radius 2 is 2.21 bits per heavy atom. The van der Waals surface area contributed by atoms with Gasteiger partial charge in [0, 0.05) is 6.42 Å². The average molecular weight is 205 g/mol. The Balaban J connectivity index is 2.12. The molecule has 2 heterocycles. The van der Waals surface area contributed by atoms with Crippen LogP contribution in [0.15, 0.2) is 0 Å². The van der Waals surface area contributed by atoms with Crippen LogP contribution in [0.1, 0.15) is 19.3 Å². The highest BCUT2D eigenvalue weighted by atomic mass is 19.3. The number of piperidine rings is 2. The number of rotatable bonds is 1. The van der Waals surface area contributed by atoms with Gasteiger partial charge in [-0.1, -0.05) is 0 Å². The van der Waals surface area contributed by atoms with Crippen molar-refractivity contribution in [1.29, 1.82) is 0 Å². The average Bonchev–Trinajstić information content (AvgIpc) is 2.16.